The molecule has 1 unspecified atom stereocenters. The van der Waals surface area contributed by atoms with E-state index in [0.717, 1.165) is 19.3 Å². The van der Waals surface area contributed by atoms with Gasteiger partial charge < -0.3 is 4.74 Å². The van der Waals surface area contributed by atoms with Crippen LogP contribution < -0.4 is 5.32 Å². The molecule has 1 atom stereocenters. The van der Waals surface area contributed by atoms with E-state index in [-0.39, 0.29) is 11.4 Å². The lowest BCUT2D eigenvalue weighted by Crippen LogP contribution is -2.55. The van der Waals surface area contributed by atoms with Crippen LogP contribution in [0.1, 0.15) is 72.1 Å². The van der Waals surface area contributed by atoms with E-state index >= 15 is 0 Å². The van der Waals surface area contributed by atoms with E-state index in [4.69, 9.17) is 4.74 Å². The second kappa shape index (κ2) is 5.82. The molecule has 3 heteroatoms. The molecule has 19 heavy (non-hydrogen) atoms. The third kappa shape index (κ3) is 3.50. The molecule has 0 aromatic heterocycles. The van der Waals surface area contributed by atoms with Crippen LogP contribution in [0, 0.1) is 5.41 Å². The van der Waals surface area contributed by atoms with Gasteiger partial charge in [-0.15, -0.1) is 0 Å². The Morgan fingerprint density at radius 2 is 1.89 bits per heavy atom. The minimum absolute atomic E-state index is 0.0221. The van der Waals surface area contributed by atoms with Gasteiger partial charge in [-0.05, 0) is 44.4 Å². The molecule has 0 aliphatic heterocycles. The molecule has 0 amide bonds. The summed E-state index contributed by atoms with van der Waals surface area (Å²) in [6, 6.07) is 0.507. The standard InChI is InChI=1S/C16H29NO2/c1-4-19-14(18)16(11-10-15(2,3)12-16)17-13-8-6-5-7-9-13/h13,17H,4-12H2,1-3H3. The van der Waals surface area contributed by atoms with E-state index < -0.39 is 5.54 Å². The van der Waals surface area contributed by atoms with Crippen molar-refractivity contribution in [1.29, 1.82) is 0 Å². The molecule has 110 valence electrons. The number of ether oxygens (including phenoxy) is 1. The largest absolute Gasteiger partial charge is 0.465 e. The van der Waals surface area contributed by atoms with Gasteiger partial charge in [0.15, 0.2) is 0 Å². The summed E-state index contributed by atoms with van der Waals surface area (Å²) in [6.45, 7) is 6.90. The quantitative estimate of drug-likeness (QED) is 0.793. The van der Waals surface area contributed by atoms with Crippen LogP contribution in [0.15, 0.2) is 0 Å². The summed E-state index contributed by atoms with van der Waals surface area (Å²) < 4.78 is 5.36. The van der Waals surface area contributed by atoms with E-state index in [1.807, 2.05) is 6.92 Å². The fourth-order valence-corrected chi connectivity index (χ4v) is 3.81. The van der Waals surface area contributed by atoms with E-state index in [9.17, 15) is 4.79 Å². The third-order valence-electron chi connectivity index (χ3n) is 4.76. The maximum atomic E-state index is 12.4. The first kappa shape index (κ1) is 14.8. The van der Waals surface area contributed by atoms with Crippen LogP contribution in [0.3, 0.4) is 0 Å². The highest BCUT2D eigenvalue weighted by Crippen LogP contribution is 2.45. The molecule has 0 aromatic rings. The zero-order valence-electron chi connectivity index (χ0n) is 12.8. The SMILES string of the molecule is CCOC(=O)C1(NC2CCCCC2)CCC(C)(C)C1. The number of hydrogen-bond donors (Lipinski definition) is 1. The van der Waals surface area contributed by atoms with Crippen LogP contribution in [0.2, 0.25) is 0 Å². The summed E-state index contributed by atoms with van der Waals surface area (Å²) in [7, 11) is 0. The zero-order valence-corrected chi connectivity index (χ0v) is 12.8. The summed E-state index contributed by atoms with van der Waals surface area (Å²) in [5, 5.41) is 3.70. The van der Waals surface area contributed by atoms with Crippen molar-refractivity contribution in [2.45, 2.75) is 83.7 Å². The van der Waals surface area contributed by atoms with Gasteiger partial charge in [0, 0.05) is 6.04 Å². The Morgan fingerprint density at radius 3 is 2.42 bits per heavy atom. The van der Waals surface area contributed by atoms with Crippen molar-refractivity contribution in [2.24, 2.45) is 5.41 Å². The fourth-order valence-electron chi connectivity index (χ4n) is 3.81. The van der Waals surface area contributed by atoms with Gasteiger partial charge >= 0.3 is 5.97 Å². The van der Waals surface area contributed by atoms with Gasteiger partial charge in [0.1, 0.15) is 5.54 Å². The second-order valence-electron chi connectivity index (χ2n) is 7.12. The lowest BCUT2D eigenvalue weighted by atomic mass is 9.85. The Hall–Kier alpha value is -0.570. The number of nitrogens with one attached hydrogen (secondary N) is 1. The first-order chi connectivity index (χ1) is 8.97. The van der Waals surface area contributed by atoms with Gasteiger partial charge in [-0.25, -0.2) is 0 Å². The molecule has 1 N–H and O–H groups in total. The molecule has 0 radical (unpaired) electrons. The van der Waals surface area contributed by atoms with E-state index in [2.05, 4.69) is 19.2 Å². The molecule has 0 heterocycles. The van der Waals surface area contributed by atoms with Crippen molar-refractivity contribution >= 4 is 5.97 Å². The average Bonchev–Trinajstić information content (AvgIpc) is 2.68. The minimum atomic E-state index is -0.415. The molecule has 3 nitrogen and oxygen atoms in total. The zero-order chi connectivity index (χ0) is 13.9. The van der Waals surface area contributed by atoms with Gasteiger partial charge in [-0.3, -0.25) is 10.1 Å². The molecule has 0 spiro atoms. The molecular formula is C16H29NO2. The number of hydrogen-bond acceptors (Lipinski definition) is 3. The Morgan fingerprint density at radius 1 is 1.21 bits per heavy atom. The Labute approximate surface area is 117 Å². The lowest BCUT2D eigenvalue weighted by Gasteiger charge is -2.35. The third-order valence-corrected chi connectivity index (χ3v) is 4.76. The molecular weight excluding hydrogens is 238 g/mol. The summed E-state index contributed by atoms with van der Waals surface area (Å²) in [5.74, 6) is -0.0221. The average molecular weight is 267 g/mol. The smallest absolute Gasteiger partial charge is 0.326 e. The first-order valence-corrected chi connectivity index (χ1v) is 7.92. The highest BCUT2D eigenvalue weighted by atomic mass is 16.5. The van der Waals surface area contributed by atoms with Gasteiger partial charge in [-0.1, -0.05) is 33.1 Å². The number of esters is 1. The molecule has 0 aromatic carbocycles. The van der Waals surface area contributed by atoms with Crippen LogP contribution >= 0.6 is 0 Å². The number of carbonyl (C=O) groups excluding carboxylic acids is 1. The summed E-state index contributed by atoms with van der Waals surface area (Å²) in [5.41, 5.74) is -0.171. The van der Waals surface area contributed by atoms with Crippen molar-refractivity contribution in [1.82, 2.24) is 5.32 Å². The van der Waals surface area contributed by atoms with Crippen molar-refractivity contribution in [3.63, 3.8) is 0 Å². The van der Waals surface area contributed by atoms with Gasteiger partial charge in [0.25, 0.3) is 0 Å². The Balaban J connectivity index is 2.08. The van der Waals surface area contributed by atoms with Crippen molar-refractivity contribution < 1.29 is 9.53 Å². The Kier molecular flexibility index (Phi) is 4.54. The van der Waals surface area contributed by atoms with Gasteiger partial charge in [0.05, 0.1) is 6.61 Å². The predicted octanol–water partition coefficient (Wildman–Crippen LogP) is 3.42. The summed E-state index contributed by atoms with van der Waals surface area (Å²) >= 11 is 0. The summed E-state index contributed by atoms with van der Waals surface area (Å²) in [6.07, 6.45) is 9.29. The minimum Gasteiger partial charge on any atom is -0.465 e. The Bertz CT molecular complexity index is 321. The van der Waals surface area contributed by atoms with Crippen molar-refractivity contribution in [2.75, 3.05) is 6.61 Å². The highest BCUT2D eigenvalue weighted by molar-refractivity contribution is 5.81. The molecule has 2 aliphatic carbocycles. The number of rotatable bonds is 4. The number of carbonyl (C=O) groups is 1. The van der Waals surface area contributed by atoms with Gasteiger partial charge in [0.2, 0.25) is 0 Å². The fraction of sp³-hybridized carbons (Fsp3) is 0.938. The second-order valence-corrected chi connectivity index (χ2v) is 7.12. The molecule has 2 saturated carbocycles. The maximum absolute atomic E-state index is 12.4. The van der Waals surface area contributed by atoms with Crippen LogP contribution in [0.4, 0.5) is 0 Å². The molecule has 2 aliphatic rings. The predicted molar refractivity (Wildman–Crippen MR) is 77.0 cm³/mol. The maximum Gasteiger partial charge on any atom is 0.326 e. The van der Waals surface area contributed by atoms with Crippen LogP contribution in [0.25, 0.3) is 0 Å². The first-order valence-electron chi connectivity index (χ1n) is 7.92. The van der Waals surface area contributed by atoms with Gasteiger partial charge in [-0.2, -0.15) is 0 Å². The van der Waals surface area contributed by atoms with Crippen LogP contribution in [-0.4, -0.2) is 24.2 Å². The normalized spacial score (nSPS) is 31.3. The molecule has 2 rings (SSSR count). The van der Waals surface area contributed by atoms with Crippen LogP contribution in [-0.2, 0) is 9.53 Å². The summed E-state index contributed by atoms with van der Waals surface area (Å²) in [4.78, 5) is 12.4. The van der Waals surface area contributed by atoms with Crippen molar-refractivity contribution in [3.05, 3.63) is 0 Å². The molecule has 0 saturated heterocycles. The van der Waals surface area contributed by atoms with Crippen molar-refractivity contribution in [3.8, 4) is 0 Å². The van der Waals surface area contributed by atoms with E-state index in [1.165, 1.54) is 32.1 Å². The topological polar surface area (TPSA) is 38.3 Å². The highest BCUT2D eigenvalue weighted by Gasteiger charge is 2.50. The van der Waals surface area contributed by atoms with E-state index in [1.54, 1.807) is 0 Å². The van der Waals surface area contributed by atoms with Crippen LogP contribution in [0.5, 0.6) is 0 Å². The lowest BCUT2D eigenvalue weighted by molar-refractivity contribution is -0.152. The van der Waals surface area contributed by atoms with E-state index in [0.29, 0.717) is 12.6 Å². The molecule has 2 fully saturated rings. The monoisotopic (exact) mass is 267 g/mol. The molecule has 0 bridgehead atoms.